The molecule has 1 aliphatic rings. The molecule has 0 spiro atoms. The van der Waals surface area contributed by atoms with Crippen LogP contribution in [0.4, 0.5) is 23.2 Å². The third-order valence-electron chi connectivity index (χ3n) is 4.91. The van der Waals surface area contributed by atoms with Gasteiger partial charge in [-0.1, -0.05) is 6.08 Å². The summed E-state index contributed by atoms with van der Waals surface area (Å²) in [6.45, 7) is 2.87. The van der Waals surface area contributed by atoms with E-state index in [1.165, 1.54) is 31.5 Å². The first-order chi connectivity index (χ1) is 14.0. The maximum atomic E-state index is 13.8. The van der Waals surface area contributed by atoms with E-state index in [1.807, 2.05) is 6.92 Å². The van der Waals surface area contributed by atoms with E-state index in [0.29, 0.717) is 12.1 Å². The molecular formula is C21H26F4N2O3. The van der Waals surface area contributed by atoms with Gasteiger partial charge in [0.2, 0.25) is 5.60 Å². The first-order valence-electron chi connectivity index (χ1n) is 9.47. The first-order valence-corrected chi connectivity index (χ1v) is 9.47. The Morgan fingerprint density at radius 2 is 2.03 bits per heavy atom. The summed E-state index contributed by atoms with van der Waals surface area (Å²) in [7, 11) is 1.78. The molecule has 1 aromatic carbocycles. The van der Waals surface area contributed by atoms with Gasteiger partial charge in [0.15, 0.2) is 0 Å². The van der Waals surface area contributed by atoms with Gasteiger partial charge in [0.05, 0.1) is 25.2 Å². The van der Waals surface area contributed by atoms with Gasteiger partial charge in [-0.2, -0.15) is 13.2 Å². The van der Waals surface area contributed by atoms with Crippen molar-refractivity contribution in [3.8, 4) is 5.75 Å². The number of hydrogen-bond donors (Lipinski definition) is 2. The molecule has 0 saturated carbocycles. The van der Waals surface area contributed by atoms with Crippen molar-refractivity contribution in [1.82, 2.24) is 4.90 Å². The van der Waals surface area contributed by atoms with E-state index in [9.17, 15) is 27.8 Å². The van der Waals surface area contributed by atoms with Crippen molar-refractivity contribution in [2.24, 2.45) is 10.9 Å². The summed E-state index contributed by atoms with van der Waals surface area (Å²) in [6, 6.07) is 2.14. The number of ether oxygens (including phenoxy) is 1. The van der Waals surface area contributed by atoms with Gasteiger partial charge in [0, 0.05) is 31.1 Å². The zero-order valence-corrected chi connectivity index (χ0v) is 17.1. The summed E-state index contributed by atoms with van der Waals surface area (Å²) in [5, 5.41) is 20.7. The number of aryl methyl sites for hydroxylation is 1. The summed E-state index contributed by atoms with van der Waals surface area (Å²) in [5.41, 5.74) is -3.49. The average molecular weight is 430 g/mol. The largest absolute Gasteiger partial charge is 0.507 e. The van der Waals surface area contributed by atoms with Crippen LogP contribution in [0.2, 0.25) is 0 Å². The van der Waals surface area contributed by atoms with E-state index >= 15 is 0 Å². The number of alkyl halides is 3. The zero-order valence-electron chi connectivity index (χ0n) is 17.1. The van der Waals surface area contributed by atoms with E-state index in [1.54, 1.807) is 11.9 Å². The molecule has 166 valence electrons. The van der Waals surface area contributed by atoms with Crippen molar-refractivity contribution in [3.05, 3.63) is 47.3 Å². The predicted octanol–water partition coefficient (Wildman–Crippen LogP) is 4.51. The number of aromatic hydroxyl groups is 1. The Hall–Kier alpha value is -2.39. The Bertz CT molecular complexity index is 836. The zero-order chi connectivity index (χ0) is 22.5. The fourth-order valence-corrected chi connectivity index (χ4v) is 2.83. The first kappa shape index (κ1) is 23.9. The minimum absolute atomic E-state index is 0.135. The van der Waals surface area contributed by atoms with Crippen LogP contribution in [0.25, 0.3) is 0 Å². The molecule has 0 bridgehead atoms. The molecule has 2 unspecified atom stereocenters. The smallest absolute Gasteiger partial charge is 0.423 e. The molecule has 1 aliphatic carbocycles. The molecule has 9 heteroatoms. The van der Waals surface area contributed by atoms with Crippen LogP contribution < -0.4 is 0 Å². The van der Waals surface area contributed by atoms with Crippen LogP contribution in [-0.4, -0.2) is 54.4 Å². The summed E-state index contributed by atoms with van der Waals surface area (Å²) in [5.74, 6) is -1.45. The maximum Gasteiger partial charge on any atom is 0.423 e. The number of phenolic OH excluding ortho intramolecular Hbond substituents is 1. The summed E-state index contributed by atoms with van der Waals surface area (Å²) in [4.78, 5) is 5.91. The lowest BCUT2D eigenvalue weighted by molar-refractivity contribution is -0.282. The third kappa shape index (κ3) is 5.60. The van der Waals surface area contributed by atoms with E-state index in [2.05, 4.69) is 4.99 Å². The lowest BCUT2D eigenvalue weighted by Gasteiger charge is -2.32. The molecule has 0 saturated heterocycles. The highest BCUT2D eigenvalue weighted by Crippen LogP contribution is 2.44. The van der Waals surface area contributed by atoms with Crippen LogP contribution in [0.5, 0.6) is 5.75 Å². The number of nitrogens with zero attached hydrogens (tertiary/aromatic N) is 2. The quantitative estimate of drug-likeness (QED) is 0.362. The number of rotatable bonds is 8. The Kier molecular flexibility index (Phi) is 7.65. The Balaban J connectivity index is 2.24. The molecule has 2 atom stereocenters. The van der Waals surface area contributed by atoms with Crippen molar-refractivity contribution in [2.45, 2.75) is 32.0 Å². The fourth-order valence-electron chi connectivity index (χ4n) is 2.83. The van der Waals surface area contributed by atoms with Crippen molar-refractivity contribution in [2.75, 3.05) is 26.8 Å². The number of aliphatic hydroxyl groups is 1. The van der Waals surface area contributed by atoms with Gasteiger partial charge < -0.3 is 19.8 Å². The third-order valence-corrected chi connectivity index (χ3v) is 4.91. The van der Waals surface area contributed by atoms with E-state index in [0.717, 1.165) is 12.1 Å². The van der Waals surface area contributed by atoms with Crippen molar-refractivity contribution in [1.29, 1.82) is 0 Å². The highest BCUT2D eigenvalue weighted by Gasteiger charge is 2.56. The summed E-state index contributed by atoms with van der Waals surface area (Å²) in [6.07, 6.45) is 0.722. The van der Waals surface area contributed by atoms with Crippen LogP contribution >= 0.6 is 0 Å². The number of allylic oxidation sites excluding steroid dienone is 3. The molecule has 0 radical (unpaired) electrons. The number of phenols is 1. The maximum absolute atomic E-state index is 13.8. The van der Waals surface area contributed by atoms with Gasteiger partial charge in [-0.25, -0.2) is 9.38 Å². The molecule has 2 rings (SSSR count). The molecular weight excluding hydrogens is 404 g/mol. The minimum atomic E-state index is -5.10. The molecule has 5 nitrogen and oxygen atoms in total. The highest BCUT2D eigenvalue weighted by molar-refractivity contribution is 5.65. The van der Waals surface area contributed by atoms with Crippen LogP contribution in [0.1, 0.15) is 24.5 Å². The van der Waals surface area contributed by atoms with Crippen LogP contribution in [0.3, 0.4) is 0 Å². The standard InChI is InChI=1S/C21H26F4N2O3/c1-4-27(3)13-26-18-10-19(28)17(9-14(18)2)20(29,21(23,24)25)12-30-11-15-5-7-16(22)8-6-15/h5,7-10,13,15,28-29H,4,6,11-12H2,1-3H3/b26-13+. The molecule has 0 aromatic heterocycles. The monoisotopic (exact) mass is 430 g/mol. The highest BCUT2D eigenvalue weighted by atomic mass is 19.4. The fraction of sp³-hybridized carbons (Fsp3) is 0.476. The molecule has 0 heterocycles. The van der Waals surface area contributed by atoms with Gasteiger partial charge >= 0.3 is 6.18 Å². The summed E-state index contributed by atoms with van der Waals surface area (Å²) >= 11 is 0. The Morgan fingerprint density at radius 3 is 2.60 bits per heavy atom. The number of hydrogen-bond acceptors (Lipinski definition) is 4. The van der Waals surface area contributed by atoms with Gasteiger partial charge in [0.1, 0.15) is 11.6 Å². The molecule has 1 aromatic rings. The van der Waals surface area contributed by atoms with Gasteiger partial charge in [-0.15, -0.1) is 0 Å². The van der Waals surface area contributed by atoms with E-state index in [-0.39, 0.29) is 24.6 Å². The second kappa shape index (κ2) is 9.61. The second-order valence-corrected chi connectivity index (χ2v) is 7.29. The SMILES string of the molecule is CCN(C)/C=N/c1cc(O)c(C(O)(COCC2C=CC(F)=CC2)C(F)(F)F)cc1C. The topological polar surface area (TPSA) is 65.3 Å². The average Bonchev–Trinajstić information content (AvgIpc) is 2.68. The number of aliphatic imine (C=N–C) groups is 1. The number of benzene rings is 1. The lowest BCUT2D eigenvalue weighted by Crippen LogP contribution is -2.46. The molecule has 2 N–H and O–H groups in total. The van der Waals surface area contributed by atoms with Gasteiger partial charge in [-0.3, -0.25) is 0 Å². The molecule has 30 heavy (non-hydrogen) atoms. The lowest BCUT2D eigenvalue weighted by atomic mass is 9.91. The van der Waals surface area contributed by atoms with Crippen LogP contribution in [-0.2, 0) is 10.3 Å². The van der Waals surface area contributed by atoms with E-state index < -0.39 is 35.5 Å². The number of halogens is 4. The van der Waals surface area contributed by atoms with Crippen LogP contribution in [0.15, 0.2) is 41.2 Å². The van der Waals surface area contributed by atoms with Crippen molar-refractivity contribution < 1.29 is 32.5 Å². The van der Waals surface area contributed by atoms with Crippen LogP contribution in [0, 0.1) is 12.8 Å². The second-order valence-electron chi connectivity index (χ2n) is 7.29. The molecule has 0 aliphatic heterocycles. The molecule has 0 fully saturated rings. The molecule has 0 amide bonds. The normalized spacial score (nSPS) is 19.1. The summed E-state index contributed by atoms with van der Waals surface area (Å²) < 4.78 is 59.4. The predicted molar refractivity (Wildman–Crippen MR) is 107 cm³/mol. The van der Waals surface area contributed by atoms with Crippen molar-refractivity contribution in [3.63, 3.8) is 0 Å². The minimum Gasteiger partial charge on any atom is -0.507 e. The Labute approximate surface area is 173 Å². The van der Waals surface area contributed by atoms with E-state index in [4.69, 9.17) is 4.74 Å². The van der Waals surface area contributed by atoms with Crippen molar-refractivity contribution >= 4 is 12.0 Å². The van der Waals surface area contributed by atoms with Gasteiger partial charge in [-0.05, 0) is 44.1 Å². The Morgan fingerprint density at radius 1 is 1.33 bits per heavy atom. The van der Waals surface area contributed by atoms with Gasteiger partial charge in [0.25, 0.3) is 0 Å².